The Labute approximate surface area is 208 Å². The molecule has 0 N–H and O–H groups in total. The minimum absolute atomic E-state index is 0.223. The number of ether oxygens (including phenoxy) is 3. The van der Waals surface area contributed by atoms with Gasteiger partial charge < -0.3 is 14.2 Å². The predicted molar refractivity (Wildman–Crippen MR) is 136 cm³/mol. The first kappa shape index (κ1) is 22.5. The molecule has 0 unspecified atom stereocenters. The van der Waals surface area contributed by atoms with Gasteiger partial charge in [-0.3, -0.25) is 0 Å². The van der Waals surface area contributed by atoms with Crippen LogP contribution in [0.4, 0.5) is 0 Å². The van der Waals surface area contributed by atoms with Crippen molar-refractivity contribution in [2.75, 3.05) is 7.11 Å². The van der Waals surface area contributed by atoms with Crippen molar-refractivity contribution in [2.24, 2.45) is 4.99 Å². The molecule has 0 fully saturated rings. The fraction of sp³-hybridized carbons (Fsp3) is 0.120. The van der Waals surface area contributed by atoms with Crippen molar-refractivity contribution in [3.63, 3.8) is 0 Å². The molecule has 1 aliphatic heterocycles. The lowest BCUT2D eigenvalue weighted by Gasteiger charge is -2.14. The molecule has 1 aliphatic rings. The number of cyclic esters (lactones) is 1. The van der Waals surface area contributed by atoms with Crippen molar-refractivity contribution in [1.82, 2.24) is 0 Å². The summed E-state index contributed by atoms with van der Waals surface area (Å²) in [5.41, 5.74) is 3.96. The van der Waals surface area contributed by atoms with E-state index in [1.54, 1.807) is 19.3 Å². The number of carbonyl (C=O) groups excluding carboxylic acids is 1. The molecule has 0 aliphatic carbocycles. The van der Waals surface area contributed by atoms with Gasteiger partial charge in [-0.25, -0.2) is 9.79 Å². The topological polar surface area (TPSA) is 57.1 Å². The lowest BCUT2D eigenvalue weighted by molar-refractivity contribution is -0.129. The molecule has 0 saturated heterocycles. The number of esters is 1. The molecule has 0 spiro atoms. The number of rotatable bonds is 6. The fourth-order valence-corrected chi connectivity index (χ4v) is 4.10. The summed E-state index contributed by atoms with van der Waals surface area (Å²) < 4.78 is 18.7. The van der Waals surface area contributed by atoms with E-state index in [0.29, 0.717) is 28.5 Å². The second kappa shape index (κ2) is 9.87. The summed E-state index contributed by atoms with van der Waals surface area (Å²) in [6.45, 7) is 2.46. The van der Waals surface area contributed by atoms with Gasteiger partial charge in [0.2, 0.25) is 5.90 Å². The van der Waals surface area contributed by atoms with Crippen molar-refractivity contribution in [3.8, 4) is 11.5 Å². The van der Waals surface area contributed by atoms with Crippen LogP contribution in [0.25, 0.3) is 6.08 Å². The van der Waals surface area contributed by atoms with Gasteiger partial charge in [-0.2, -0.15) is 0 Å². The van der Waals surface area contributed by atoms with Crippen LogP contribution < -0.4 is 9.47 Å². The van der Waals surface area contributed by atoms with E-state index in [4.69, 9.17) is 14.2 Å². The summed E-state index contributed by atoms with van der Waals surface area (Å²) in [6.07, 6.45) is 1.67. The molecule has 0 radical (unpaired) electrons. The third kappa shape index (κ3) is 5.05. The summed E-state index contributed by atoms with van der Waals surface area (Å²) in [5.74, 6) is 0.943. The Bertz CT molecular complexity index is 1240. The van der Waals surface area contributed by atoms with Crippen molar-refractivity contribution >= 4 is 56.5 Å². The predicted octanol–water partition coefficient (Wildman–Crippen LogP) is 6.29. The Morgan fingerprint density at radius 2 is 1.88 bits per heavy atom. The van der Waals surface area contributed by atoms with Gasteiger partial charge in [-0.15, -0.1) is 0 Å². The maximum atomic E-state index is 12.4. The van der Waals surface area contributed by atoms with Crippen LogP contribution in [-0.4, -0.2) is 19.0 Å². The Balaban J connectivity index is 1.59. The number of methoxy groups -OCH3 is 1. The minimum Gasteiger partial charge on any atom is -0.493 e. The first-order chi connectivity index (χ1) is 15.4. The summed E-state index contributed by atoms with van der Waals surface area (Å²) in [4.78, 5) is 16.7. The molecule has 5 nitrogen and oxygen atoms in total. The van der Waals surface area contributed by atoms with Crippen LogP contribution in [0.5, 0.6) is 11.5 Å². The average molecular weight is 604 g/mol. The third-order valence-corrected chi connectivity index (χ3v) is 6.21. The fourth-order valence-electron chi connectivity index (χ4n) is 3.17. The molecule has 0 aromatic heterocycles. The zero-order valence-corrected chi connectivity index (χ0v) is 21.1. The Hall–Kier alpha value is -2.65. The highest BCUT2D eigenvalue weighted by Gasteiger charge is 2.24. The van der Waals surface area contributed by atoms with Crippen LogP contribution in [0.15, 0.2) is 75.8 Å². The van der Waals surface area contributed by atoms with Crippen molar-refractivity contribution < 1.29 is 19.0 Å². The zero-order valence-electron chi connectivity index (χ0n) is 17.4. The number of hydrogen-bond acceptors (Lipinski definition) is 5. The van der Waals surface area contributed by atoms with Gasteiger partial charge in [0, 0.05) is 9.13 Å². The summed E-state index contributed by atoms with van der Waals surface area (Å²) in [7, 11) is 1.58. The summed E-state index contributed by atoms with van der Waals surface area (Å²) in [6, 6.07) is 19.3. The number of aryl methyl sites for hydroxylation is 1. The van der Waals surface area contributed by atoms with E-state index in [0.717, 1.165) is 25.8 Å². The van der Waals surface area contributed by atoms with E-state index < -0.39 is 5.97 Å². The van der Waals surface area contributed by atoms with Crippen LogP contribution in [0, 0.1) is 10.5 Å². The molecule has 7 heteroatoms. The normalized spacial score (nSPS) is 14.3. The number of hydrogen-bond donors (Lipinski definition) is 0. The summed E-state index contributed by atoms with van der Waals surface area (Å²) >= 11 is 5.78. The second-order valence-electron chi connectivity index (χ2n) is 7.09. The third-order valence-electron chi connectivity index (χ3n) is 4.90. The quantitative estimate of drug-likeness (QED) is 0.189. The highest BCUT2D eigenvalue weighted by molar-refractivity contribution is 14.1. The molecule has 162 valence electrons. The molecular weight excluding hydrogens is 585 g/mol. The van der Waals surface area contributed by atoms with Crippen molar-refractivity contribution in [3.05, 3.63) is 96.7 Å². The van der Waals surface area contributed by atoms with Gasteiger partial charge in [0.05, 0.1) is 11.6 Å². The molecule has 1 heterocycles. The number of carbonyl (C=O) groups is 1. The Kier molecular flexibility index (Phi) is 6.95. The van der Waals surface area contributed by atoms with Crippen LogP contribution >= 0.6 is 38.5 Å². The molecule has 3 aromatic carbocycles. The van der Waals surface area contributed by atoms with Gasteiger partial charge in [0.1, 0.15) is 6.61 Å². The molecule has 4 rings (SSSR count). The Morgan fingerprint density at radius 3 is 2.59 bits per heavy atom. The summed E-state index contributed by atoms with van der Waals surface area (Å²) in [5, 5.41) is 0. The van der Waals surface area contributed by atoms with Crippen LogP contribution in [0.2, 0.25) is 0 Å². The van der Waals surface area contributed by atoms with E-state index in [1.807, 2.05) is 61.5 Å². The molecule has 32 heavy (non-hydrogen) atoms. The number of nitrogens with zero attached hydrogens (tertiary/aromatic N) is 1. The Morgan fingerprint density at radius 1 is 1.12 bits per heavy atom. The van der Waals surface area contributed by atoms with Crippen LogP contribution in [-0.2, 0) is 16.1 Å². The van der Waals surface area contributed by atoms with Gasteiger partial charge in [0.25, 0.3) is 0 Å². The largest absolute Gasteiger partial charge is 0.493 e. The lowest BCUT2D eigenvalue weighted by atomic mass is 10.1. The highest BCUT2D eigenvalue weighted by atomic mass is 127. The smallest absolute Gasteiger partial charge is 0.363 e. The monoisotopic (exact) mass is 603 g/mol. The van der Waals surface area contributed by atoms with E-state index in [9.17, 15) is 4.79 Å². The van der Waals surface area contributed by atoms with Gasteiger partial charge in [0.15, 0.2) is 17.2 Å². The van der Waals surface area contributed by atoms with E-state index in [2.05, 4.69) is 43.5 Å². The highest BCUT2D eigenvalue weighted by Crippen LogP contribution is 2.38. The van der Waals surface area contributed by atoms with E-state index in [1.165, 1.54) is 0 Å². The number of benzene rings is 3. The van der Waals surface area contributed by atoms with Crippen LogP contribution in [0.1, 0.15) is 22.3 Å². The van der Waals surface area contributed by atoms with Gasteiger partial charge >= 0.3 is 5.97 Å². The van der Waals surface area contributed by atoms with Crippen LogP contribution in [0.3, 0.4) is 0 Å². The first-order valence-electron chi connectivity index (χ1n) is 9.78. The molecule has 0 bridgehead atoms. The number of halogens is 2. The average Bonchev–Trinajstić information content (AvgIpc) is 3.14. The SMILES string of the molecule is COc1cc(/C=C2\N=C(c3ccc(I)cc3)OC2=O)cc(Br)c1OCc1ccccc1C. The molecular formula is C25H19BrINO4. The zero-order chi connectivity index (χ0) is 22.7. The minimum atomic E-state index is -0.492. The lowest BCUT2D eigenvalue weighted by Crippen LogP contribution is -2.05. The van der Waals surface area contributed by atoms with Gasteiger partial charge in [-0.05, 0) is 105 Å². The molecule has 3 aromatic rings. The second-order valence-corrected chi connectivity index (χ2v) is 9.19. The van der Waals surface area contributed by atoms with Crippen molar-refractivity contribution in [2.45, 2.75) is 13.5 Å². The van der Waals surface area contributed by atoms with E-state index >= 15 is 0 Å². The maximum absolute atomic E-state index is 12.4. The molecule has 0 saturated carbocycles. The van der Waals surface area contributed by atoms with Crippen molar-refractivity contribution in [1.29, 1.82) is 0 Å². The van der Waals surface area contributed by atoms with Gasteiger partial charge in [-0.1, -0.05) is 24.3 Å². The number of aliphatic imine (C=N–C) groups is 1. The molecule has 0 amide bonds. The maximum Gasteiger partial charge on any atom is 0.363 e. The first-order valence-corrected chi connectivity index (χ1v) is 11.6. The standard InChI is InChI=1S/C25H19BrINO4/c1-15-5-3-4-6-18(15)14-31-23-20(26)11-16(13-22(23)30-2)12-21-25(29)32-24(28-21)17-7-9-19(27)10-8-17/h3-13H,14H2,1-2H3/b21-12-. The van der Waals surface area contributed by atoms with E-state index in [-0.39, 0.29) is 5.70 Å². The molecule has 0 atom stereocenters.